The van der Waals surface area contributed by atoms with Gasteiger partial charge in [-0.25, -0.2) is 9.79 Å². The van der Waals surface area contributed by atoms with Gasteiger partial charge in [0.1, 0.15) is 6.23 Å². The maximum atomic E-state index is 13.8. The van der Waals surface area contributed by atoms with E-state index in [1.54, 1.807) is 13.1 Å². The number of amides is 1. The van der Waals surface area contributed by atoms with Crippen LogP contribution >= 0.6 is 0 Å². The third-order valence-corrected chi connectivity index (χ3v) is 9.21. The number of nitrogens with zero attached hydrogens (tertiary/aromatic N) is 3. The zero-order chi connectivity index (χ0) is 27.4. The van der Waals surface area contributed by atoms with Crippen molar-refractivity contribution in [3.63, 3.8) is 0 Å². The molecule has 3 aliphatic heterocycles. The van der Waals surface area contributed by atoms with E-state index in [-0.39, 0.29) is 18.9 Å². The maximum absolute atomic E-state index is 13.8. The summed E-state index contributed by atoms with van der Waals surface area (Å²) in [6, 6.07) is 15.8. The van der Waals surface area contributed by atoms with Gasteiger partial charge in [-0.15, -0.1) is 0 Å². The van der Waals surface area contributed by atoms with Crippen molar-refractivity contribution >= 4 is 61.7 Å². The molecule has 5 heterocycles. The molecule has 3 aromatic carbocycles. The van der Waals surface area contributed by atoms with Gasteiger partial charge in [-0.05, 0) is 25.5 Å². The minimum atomic E-state index is -1.95. The molecule has 2 aromatic heterocycles. The number of rotatable bonds is 6. The summed E-state index contributed by atoms with van der Waals surface area (Å²) >= 11 is 0. The Balaban J connectivity index is 1.47. The standard InChI is InChI=1S/C32H29N3O5/c1-3-4-5-10-15-39-30(37)32(38)16-23-34-21-13-8-6-11-18(21)25-26-20(17-33-29(26)36)24-19-12-7-9-14-22(19)35(28(24)27(25)34)31(32,2)40-23/h6-9,11-14,17,23,38H,3-5,10,15-16H2,1-2H3/t23-,31+,32+/m1/s1. The number of ether oxygens (including phenoxy) is 2. The van der Waals surface area contributed by atoms with Gasteiger partial charge in [-0.2, -0.15) is 0 Å². The molecular weight excluding hydrogens is 506 g/mol. The van der Waals surface area contributed by atoms with Crippen molar-refractivity contribution in [3.05, 3.63) is 59.7 Å². The Labute approximate surface area is 229 Å². The van der Waals surface area contributed by atoms with Crippen LogP contribution in [0.15, 0.2) is 53.5 Å². The Kier molecular flexibility index (Phi) is 4.78. The number of esters is 1. The number of hydrogen-bond acceptors (Lipinski definition) is 5. The van der Waals surface area contributed by atoms with Gasteiger partial charge in [0.2, 0.25) is 5.60 Å². The molecule has 0 aliphatic carbocycles. The molecule has 202 valence electrons. The van der Waals surface area contributed by atoms with Gasteiger partial charge in [0.15, 0.2) is 5.72 Å². The molecule has 0 radical (unpaired) electrons. The molecule has 8 rings (SSSR count). The molecule has 5 aromatic rings. The highest BCUT2D eigenvalue weighted by molar-refractivity contribution is 6.36. The number of para-hydroxylation sites is 2. The zero-order valence-electron chi connectivity index (χ0n) is 22.4. The molecular formula is C32H29N3O5. The minimum absolute atomic E-state index is 0.0139. The van der Waals surface area contributed by atoms with E-state index in [1.807, 2.05) is 53.1 Å². The van der Waals surface area contributed by atoms with Gasteiger partial charge in [0, 0.05) is 39.7 Å². The van der Waals surface area contributed by atoms with E-state index >= 15 is 0 Å². The van der Waals surface area contributed by atoms with Crippen LogP contribution in [0.4, 0.5) is 0 Å². The van der Waals surface area contributed by atoms with Crippen LogP contribution in [0.1, 0.15) is 68.1 Å². The first-order valence-electron chi connectivity index (χ1n) is 14.1. The molecule has 0 spiro atoms. The van der Waals surface area contributed by atoms with Gasteiger partial charge in [-0.3, -0.25) is 4.79 Å². The molecule has 1 saturated heterocycles. The van der Waals surface area contributed by atoms with Crippen LogP contribution in [0, 0.1) is 0 Å². The number of fused-ring (bicyclic) bond motifs is 13. The van der Waals surface area contributed by atoms with Gasteiger partial charge in [-0.1, -0.05) is 62.6 Å². The van der Waals surface area contributed by atoms with Crippen molar-refractivity contribution < 1.29 is 24.2 Å². The summed E-state index contributed by atoms with van der Waals surface area (Å²) in [5.74, 6) is -0.935. The van der Waals surface area contributed by atoms with Crippen molar-refractivity contribution in [2.45, 2.75) is 63.5 Å². The lowest BCUT2D eigenvalue weighted by atomic mass is 9.88. The fraction of sp³-hybridized carbons (Fsp3) is 0.344. The number of benzene rings is 3. The Morgan fingerprint density at radius 2 is 1.77 bits per heavy atom. The number of carbonyl (C=O) groups is 2. The van der Waals surface area contributed by atoms with Crippen molar-refractivity contribution in [1.29, 1.82) is 0 Å². The number of aliphatic hydroxyl groups is 1. The number of aromatic nitrogens is 2. The van der Waals surface area contributed by atoms with Gasteiger partial charge in [0.25, 0.3) is 5.91 Å². The molecule has 0 unspecified atom stereocenters. The lowest BCUT2D eigenvalue weighted by Gasteiger charge is -2.37. The second kappa shape index (κ2) is 8.02. The van der Waals surface area contributed by atoms with Crippen molar-refractivity contribution in [1.82, 2.24) is 9.13 Å². The smallest absolute Gasteiger partial charge is 0.343 e. The summed E-state index contributed by atoms with van der Waals surface area (Å²) in [5.41, 5.74) is 1.26. The highest BCUT2D eigenvalue weighted by Crippen LogP contribution is 2.57. The molecule has 1 amide bonds. The summed E-state index contributed by atoms with van der Waals surface area (Å²) in [4.78, 5) is 31.3. The molecule has 1 fully saturated rings. The molecule has 40 heavy (non-hydrogen) atoms. The van der Waals surface area contributed by atoms with E-state index in [4.69, 9.17) is 9.47 Å². The van der Waals surface area contributed by atoms with Crippen LogP contribution in [-0.4, -0.2) is 44.5 Å². The first-order valence-corrected chi connectivity index (χ1v) is 14.1. The second-order valence-corrected chi connectivity index (χ2v) is 11.4. The molecule has 1 N–H and O–H groups in total. The second-order valence-electron chi connectivity index (χ2n) is 11.4. The van der Waals surface area contributed by atoms with Crippen molar-refractivity contribution in [2.75, 3.05) is 6.61 Å². The van der Waals surface area contributed by atoms with E-state index < -0.39 is 23.5 Å². The maximum Gasteiger partial charge on any atom is 0.343 e. The third kappa shape index (κ3) is 2.70. The van der Waals surface area contributed by atoms with Gasteiger partial charge in [0.05, 0.1) is 34.2 Å². The van der Waals surface area contributed by atoms with Crippen LogP contribution in [0.3, 0.4) is 0 Å². The zero-order valence-corrected chi connectivity index (χ0v) is 22.4. The van der Waals surface area contributed by atoms with Gasteiger partial charge >= 0.3 is 5.97 Å². The minimum Gasteiger partial charge on any atom is -0.463 e. The van der Waals surface area contributed by atoms with Crippen molar-refractivity contribution in [2.24, 2.45) is 4.99 Å². The number of unbranched alkanes of at least 4 members (excludes halogenated alkanes) is 3. The average molecular weight is 536 g/mol. The fourth-order valence-electron chi connectivity index (χ4n) is 7.34. The third-order valence-electron chi connectivity index (χ3n) is 9.21. The highest BCUT2D eigenvalue weighted by atomic mass is 16.6. The average Bonchev–Trinajstić information content (AvgIpc) is 3.65. The quantitative estimate of drug-likeness (QED) is 0.215. The summed E-state index contributed by atoms with van der Waals surface area (Å²) in [5, 5.41) is 15.9. The van der Waals surface area contributed by atoms with Crippen LogP contribution in [0.5, 0.6) is 0 Å². The summed E-state index contributed by atoms with van der Waals surface area (Å²) in [6.07, 6.45) is 4.87. The molecule has 3 aliphatic rings. The lowest BCUT2D eigenvalue weighted by molar-refractivity contribution is -0.204. The molecule has 0 saturated carbocycles. The van der Waals surface area contributed by atoms with Gasteiger partial charge < -0.3 is 23.7 Å². The molecule has 8 nitrogen and oxygen atoms in total. The van der Waals surface area contributed by atoms with Crippen LogP contribution in [0.2, 0.25) is 0 Å². The van der Waals surface area contributed by atoms with Crippen LogP contribution < -0.4 is 0 Å². The first-order chi connectivity index (χ1) is 19.4. The van der Waals surface area contributed by atoms with E-state index in [9.17, 15) is 14.7 Å². The number of carbonyl (C=O) groups excluding carboxylic acids is 2. The predicted molar refractivity (Wildman–Crippen MR) is 153 cm³/mol. The SMILES string of the molecule is CCCCCCOC(=O)[C@@]1(O)C[C@H]2O[C@]1(C)n1c3ccccc3c3c4c(c5c6ccccc6n2c5c31)C(=O)N=C4. The monoisotopic (exact) mass is 535 g/mol. The lowest BCUT2D eigenvalue weighted by Crippen LogP contribution is -2.56. The number of hydrogen-bond donors (Lipinski definition) is 1. The summed E-state index contributed by atoms with van der Waals surface area (Å²) in [7, 11) is 0. The van der Waals surface area contributed by atoms with E-state index in [2.05, 4.69) is 16.5 Å². The van der Waals surface area contributed by atoms with E-state index in [0.717, 1.165) is 74.9 Å². The Morgan fingerprint density at radius 1 is 1.05 bits per heavy atom. The summed E-state index contributed by atoms with van der Waals surface area (Å²) < 4.78 is 16.6. The Bertz CT molecular complexity index is 1970. The fourth-order valence-corrected chi connectivity index (χ4v) is 7.34. The highest BCUT2D eigenvalue weighted by Gasteiger charge is 2.66. The van der Waals surface area contributed by atoms with Crippen LogP contribution in [-0.2, 0) is 20.0 Å². The topological polar surface area (TPSA) is 95.0 Å². The normalized spacial score (nSPS) is 24.7. The van der Waals surface area contributed by atoms with Crippen molar-refractivity contribution in [3.8, 4) is 0 Å². The predicted octanol–water partition coefficient (Wildman–Crippen LogP) is 5.93. The summed E-state index contributed by atoms with van der Waals surface area (Å²) in [6.45, 7) is 4.17. The Morgan fingerprint density at radius 3 is 2.55 bits per heavy atom. The molecule has 3 atom stereocenters. The Hall–Kier alpha value is -4.01. The molecule has 2 bridgehead atoms. The first kappa shape index (κ1) is 23.8. The molecule has 8 heteroatoms. The van der Waals surface area contributed by atoms with E-state index in [1.165, 1.54) is 0 Å². The number of aliphatic imine (C=N–C) groups is 1. The van der Waals surface area contributed by atoms with E-state index in [0.29, 0.717) is 5.56 Å². The largest absolute Gasteiger partial charge is 0.463 e. The van der Waals surface area contributed by atoms with Crippen LogP contribution in [0.25, 0.3) is 43.6 Å².